The van der Waals surface area contributed by atoms with Gasteiger partial charge in [-0.3, -0.25) is 4.79 Å². The van der Waals surface area contributed by atoms with Crippen LogP contribution in [0.5, 0.6) is 0 Å². The maximum absolute atomic E-state index is 12.1. The second kappa shape index (κ2) is 6.08. The van der Waals surface area contributed by atoms with Crippen LogP contribution in [0.4, 0.5) is 0 Å². The Morgan fingerprint density at radius 1 is 1.47 bits per heavy atom. The average molecular weight is 260 g/mol. The van der Waals surface area contributed by atoms with Gasteiger partial charge in [-0.1, -0.05) is 34.1 Å². The molecule has 1 saturated carbocycles. The minimum Gasteiger partial charge on any atom is -0.354 e. The molecule has 0 saturated heterocycles. The van der Waals surface area contributed by atoms with Gasteiger partial charge in [0.05, 0.1) is 5.38 Å². The number of amides is 1. The lowest BCUT2D eigenvalue weighted by Gasteiger charge is -2.26. The molecule has 1 aliphatic carbocycles. The minimum atomic E-state index is 0.0588. The van der Waals surface area contributed by atoms with Gasteiger partial charge in [-0.2, -0.15) is 0 Å². The van der Waals surface area contributed by atoms with Crippen LogP contribution >= 0.6 is 11.6 Å². The molecule has 0 bridgehead atoms. The molecule has 1 fully saturated rings. The van der Waals surface area contributed by atoms with Gasteiger partial charge in [0.25, 0.3) is 0 Å². The van der Waals surface area contributed by atoms with E-state index in [1.807, 2.05) is 0 Å². The van der Waals surface area contributed by atoms with Gasteiger partial charge >= 0.3 is 0 Å². The second-order valence-electron chi connectivity index (χ2n) is 6.41. The van der Waals surface area contributed by atoms with Crippen molar-refractivity contribution in [3.8, 4) is 0 Å². The van der Waals surface area contributed by atoms with Crippen LogP contribution in [0, 0.1) is 17.3 Å². The van der Waals surface area contributed by atoms with E-state index < -0.39 is 0 Å². The van der Waals surface area contributed by atoms with Crippen molar-refractivity contribution < 1.29 is 4.79 Å². The highest BCUT2D eigenvalue weighted by atomic mass is 35.5. The smallest absolute Gasteiger partial charge is 0.223 e. The first-order valence-corrected chi connectivity index (χ1v) is 7.18. The molecule has 0 aromatic rings. The molecule has 2 atom stereocenters. The van der Waals surface area contributed by atoms with Crippen molar-refractivity contribution >= 4 is 17.5 Å². The van der Waals surface area contributed by atoms with Crippen molar-refractivity contribution in [3.05, 3.63) is 0 Å². The molecular formula is C14H26ClNO. The highest BCUT2D eigenvalue weighted by Crippen LogP contribution is 2.42. The van der Waals surface area contributed by atoms with Gasteiger partial charge in [0.2, 0.25) is 5.91 Å². The topological polar surface area (TPSA) is 29.1 Å². The molecule has 2 unspecified atom stereocenters. The zero-order valence-electron chi connectivity index (χ0n) is 11.6. The van der Waals surface area contributed by atoms with E-state index in [1.54, 1.807) is 0 Å². The number of hydrogen-bond acceptors (Lipinski definition) is 1. The maximum atomic E-state index is 12.1. The summed E-state index contributed by atoms with van der Waals surface area (Å²) < 4.78 is 0. The number of carbonyl (C=O) groups is 1. The lowest BCUT2D eigenvalue weighted by Crippen LogP contribution is -2.39. The molecule has 100 valence electrons. The molecule has 0 aromatic carbocycles. The molecule has 2 nitrogen and oxygen atoms in total. The third kappa shape index (κ3) is 4.50. The first kappa shape index (κ1) is 14.8. The molecule has 0 radical (unpaired) electrons. The SMILES string of the molecule is CC(C)CC(Cl)CNC(=O)C1CCCC1(C)C. The Morgan fingerprint density at radius 2 is 2.12 bits per heavy atom. The maximum Gasteiger partial charge on any atom is 0.223 e. The summed E-state index contributed by atoms with van der Waals surface area (Å²) >= 11 is 6.18. The van der Waals surface area contributed by atoms with Crippen molar-refractivity contribution in [1.29, 1.82) is 0 Å². The lowest BCUT2D eigenvalue weighted by atomic mass is 9.81. The van der Waals surface area contributed by atoms with E-state index in [2.05, 4.69) is 33.0 Å². The summed E-state index contributed by atoms with van der Waals surface area (Å²) in [6, 6.07) is 0. The Labute approximate surface area is 110 Å². The summed E-state index contributed by atoms with van der Waals surface area (Å²) in [5, 5.41) is 3.07. The predicted octanol–water partition coefficient (Wildman–Crippen LogP) is 3.58. The van der Waals surface area contributed by atoms with E-state index in [0.29, 0.717) is 12.5 Å². The number of hydrogen-bond donors (Lipinski definition) is 1. The fraction of sp³-hybridized carbons (Fsp3) is 0.929. The van der Waals surface area contributed by atoms with Gasteiger partial charge in [-0.05, 0) is 30.6 Å². The first-order chi connectivity index (χ1) is 7.83. The van der Waals surface area contributed by atoms with Crippen LogP contribution < -0.4 is 5.32 Å². The summed E-state index contributed by atoms with van der Waals surface area (Å²) in [6.45, 7) is 9.28. The van der Waals surface area contributed by atoms with Crippen LogP contribution in [0.3, 0.4) is 0 Å². The normalized spacial score (nSPS) is 24.9. The molecule has 17 heavy (non-hydrogen) atoms. The number of rotatable bonds is 5. The third-order valence-electron chi connectivity index (χ3n) is 3.80. The fourth-order valence-corrected chi connectivity index (χ4v) is 3.18. The summed E-state index contributed by atoms with van der Waals surface area (Å²) in [5.74, 6) is 0.949. The molecule has 0 spiro atoms. The monoisotopic (exact) mass is 259 g/mol. The van der Waals surface area contributed by atoms with Gasteiger partial charge in [0.1, 0.15) is 0 Å². The highest BCUT2D eigenvalue weighted by molar-refractivity contribution is 6.20. The van der Waals surface area contributed by atoms with E-state index in [9.17, 15) is 4.79 Å². The summed E-state index contributed by atoms with van der Waals surface area (Å²) in [6.07, 6.45) is 4.30. The van der Waals surface area contributed by atoms with Gasteiger partial charge in [0.15, 0.2) is 0 Å². The van der Waals surface area contributed by atoms with Crippen molar-refractivity contribution in [2.75, 3.05) is 6.54 Å². The quantitative estimate of drug-likeness (QED) is 0.752. The average Bonchev–Trinajstić information content (AvgIpc) is 2.53. The highest BCUT2D eigenvalue weighted by Gasteiger charge is 2.39. The van der Waals surface area contributed by atoms with Gasteiger partial charge in [0, 0.05) is 12.5 Å². The van der Waals surface area contributed by atoms with E-state index in [4.69, 9.17) is 11.6 Å². The van der Waals surface area contributed by atoms with E-state index in [1.165, 1.54) is 6.42 Å². The zero-order chi connectivity index (χ0) is 13.1. The standard InChI is InChI=1S/C14H26ClNO/c1-10(2)8-11(15)9-16-13(17)12-6-5-7-14(12,3)4/h10-12H,5-9H2,1-4H3,(H,16,17). The van der Waals surface area contributed by atoms with Crippen molar-refractivity contribution in [2.45, 2.75) is 58.8 Å². The zero-order valence-corrected chi connectivity index (χ0v) is 12.3. The Hall–Kier alpha value is -0.240. The van der Waals surface area contributed by atoms with Crippen LogP contribution in [-0.4, -0.2) is 17.8 Å². The number of alkyl halides is 1. The number of carbonyl (C=O) groups excluding carboxylic acids is 1. The Morgan fingerprint density at radius 3 is 2.59 bits per heavy atom. The largest absolute Gasteiger partial charge is 0.354 e. The van der Waals surface area contributed by atoms with E-state index in [0.717, 1.165) is 19.3 Å². The summed E-state index contributed by atoms with van der Waals surface area (Å²) in [4.78, 5) is 12.1. The first-order valence-electron chi connectivity index (χ1n) is 6.74. The van der Waals surface area contributed by atoms with E-state index >= 15 is 0 Å². The van der Waals surface area contributed by atoms with Crippen LogP contribution in [0.25, 0.3) is 0 Å². The molecule has 3 heteroatoms. The van der Waals surface area contributed by atoms with Crippen LogP contribution in [0.15, 0.2) is 0 Å². The van der Waals surface area contributed by atoms with E-state index in [-0.39, 0.29) is 22.6 Å². The summed E-state index contributed by atoms with van der Waals surface area (Å²) in [7, 11) is 0. The Balaban J connectivity index is 2.35. The second-order valence-corrected chi connectivity index (χ2v) is 7.02. The van der Waals surface area contributed by atoms with Gasteiger partial charge < -0.3 is 5.32 Å². The van der Waals surface area contributed by atoms with Crippen molar-refractivity contribution in [2.24, 2.45) is 17.3 Å². The Bertz CT molecular complexity index is 263. The molecule has 0 aromatic heterocycles. The van der Waals surface area contributed by atoms with Gasteiger partial charge in [-0.15, -0.1) is 11.6 Å². The fourth-order valence-electron chi connectivity index (χ4n) is 2.74. The van der Waals surface area contributed by atoms with Crippen molar-refractivity contribution in [1.82, 2.24) is 5.32 Å². The molecule has 0 aliphatic heterocycles. The molecular weight excluding hydrogens is 234 g/mol. The number of nitrogens with one attached hydrogen (secondary N) is 1. The van der Waals surface area contributed by atoms with Gasteiger partial charge in [-0.25, -0.2) is 0 Å². The summed E-state index contributed by atoms with van der Waals surface area (Å²) in [5.41, 5.74) is 0.157. The van der Waals surface area contributed by atoms with Crippen molar-refractivity contribution in [3.63, 3.8) is 0 Å². The third-order valence-corrected chi connectivity index (χ3v) is 4.13. The Kier molecular flexibility index (Phi) is 5.30. The molecule has 0 heterocycles. The number of halogens is 1. The lowest BCUT2D eigenvalue weighted by molar-refractivity contribution is -0.127. The molecule has 1 aliphatic rings. The van der Waals surface area contributed by atoms with Crippen LogP contribution in [0.2, 0.25) is 0 Å². The molecule has 1 amide bonds. The van der Waals surface area contributed by atoms with Crippen LogP contribution in [-0.2, 0) is 4.79 Å². The molecule has 1 rings (SSSR count). The minimum absolute atomic E-state index is 0.0588. The van der Waals surface area contributed by atoms with Crippen LogP contribution in [0.1, 0.15) is 53.4 Å². The predicted molar refractivity (Wildman–Crippen MR) is 73.2 cm³/mol. The molecule has 1 N–H and O–H groups in total.